The van der Waals surface area contributed by atoms with Gasteiger partial charge in [-0.15, -0.1) is 0 Å². The lowest BCUT2D eigenvalue weighted by Gasteiger charge is -2.35. The fourth-order valence-electron chi connectivity index (χ4n) is 2.65. The molecule has 1 saturated heterocycles. The molecule has 1 aliphatic heterocycles. The van der Waals surface area contributed by atoms with Gasteiger partial charge in [0.1, 0.15) is 5.82 Å². The van der Waals surface area contributed by atoms with Gasteiger partial charge in [0.25, 0.3) is 0 Å². The Hall–Kier alpha value is -1.20. The summed E-state index contributed by atoms with van der Waals surface area (Å²) in [6.45, 7) is 3.60. The average molecular weight is 266 g/mol. The first-order chi connectivity index (χ1) is 8.60. The lowest BCUT2D eigenvalue weighted by molar-refractivity contribution is 0.0306. The molecule has 3 nitrogen and oxygen atoms in total. The number of H-pyrrole nitrogens is 1. The first kappa shape index (κ1) is 11.9. The third-order valence-electron chi connectivity index (χ3n) is 3.76. The molecular weight excluding hydrogens is 251 g/mol. The lowest BCUT2D eigenvalue weighted by atomic mass is 9.92. The quantitative estimate of drug-likeness (QED) is 0.802. The van der Waals surface area contributed by atoms with Gasteiger partial charge in [0, 0.05) is 18.8 Å². The minimum absolute atomic E-state index is 0.0959. The first-order valence-electron chi connectivity index (χ1n) is 6.09. The summed E-state index contributed by atoms with van der Waals surface area (Å²) in [5.41, 5.74) is 1.62. The Bertz CT molecular complexity index is 640. The van der Waals surface area contributed by atoms with Crippen LogP contribution in [0.4, 0.5) is 4.39 Å². The van der Waals surface area contributed by atoms with Crippen molar-refractivity contribution in [2.45, 2.75) is 25.3 Å². The Labute approximate surface area is 110 Å². The molecule has 0 unspecified atom stereocenters. The van der Waals surface area contributed by atoms with E-state index in [2.05, 4.69) is 11.9 Å². The number of aromatic nitrogens is 2. The second kappa shape index (κ2) is 4.17. The molecular formula is C13H15FN2OS. The van der Waals surface area contributed by atoms with Gasteiger partial charge in [-0.05, 0) is 50.2 Å². The van der Waals surface area contributed by atoms with Crippen molar-refractivity contribution in [1.29, 1.82) is 0 Å². The van der Waals surface area contributed by atoms with Crippen LogP contribution in [0.2, 0.25) is 0 Å². The van der Waals surface area contributed by atoms with E-state index in [4.69, 9.17) is 17.0 Å². The van der Waals surface area contributed by atoms with Crippen molar-refractivity contribution in [3.63, 3.8) is 0 Å². The number of imidazole rings is 1. The molecule has 0 amide bonds. The maximum atomic E-state index is 13.4. The van der Waals surface area contributed by atoms with Gasteiger partial charge in [0.2, 0.25) is 0 Å². The topological polar surface area (TPSA) is 29.9 Å². The summed E-state index contributed by atoms with van der Waals surface area (Å²) in [5.74, 6) is -0.235. The van der Waals surface area contributed by atoms with Crippen molar-refractivity contribution in [2.75, 3.05) is 13.2 Å². The molecule has 96 valence electrons. The van der Waals surface area contributed by atoms with Crippen LogP contribution in [0.1, 0.15) is 19.8 Å². The van der Waals surface area contributed by atoms with Crippen LogP contribution < -0.4 is 0 Å². The van der Waals surface area contributed by atoms with Crippen LogP contribution in [0.5, 0.6) is 0 Å². The van der Waals surface area contributed by atoms with E-state index in [1.807, 2.05) is 4.57 Å². The largest absolute Gasteiger partial charge is 0.381 e. The molecule has 5 heteroatoms. The summed E-state index contributed by atoms with van der Waals surface area (Å²) in [6.07, 6.45) is 1.79. The van der Waals surface area contributed by atoms with Crippen LogP contribution >= 0.6 is 12.2 Å². The predicted octanol–water partition coefficient (Wildman–Crippen LogP) is 3.36. The van der Waals surface area contributed by atoms with Gasteiger partial charge in [-0.2, -0.15) is 0 Å². The van der Waals surface area contributed by atoms with Crippen molar-refractivity contribution in [2.24, 2.45) is 0 Å². The molecule has 0 spiro atoms. The third kappa shape index (κ3) is 1.78. The molecule has 1 N–H and O–H groups in total. The number of nitrogens with one attached hydrogen (secondary N) is 1. The predicted molar refractivity (Wildman–Crippen MR) is 70.8 cm³/mol. The molecule has 3 rings (SSSR count). The van der Waals surface area contributed by atoms with E-state index in [0.717, 1.165) is 37.1 Å². The highest BCUT2D eigenvalue weighted by atomic mass is 32.1. The number of halogens is 1. The highest BCUT2D eigenvalue weighted by molar-refractivity contribution is 7.71. The number of rotatable bonds is 1. The molecule has 2 aromatic rings. The Morgan fingerprint density at radius 2 is 2.11 bits per heavy atom. The fraction of sp³-hybridized carbons (Fsp3) is 0.462. The van der Waals surface area contributed by atoms with E-state index in [0.29, 0.717) is 4.77 Å². The van der Waals surface area contributed by atoms with Crippen molar-refractivity contribution in [3.8, 4) is 0 Å². The van der Waals surface area contributed by atoms with E-state index >= 15 is 0 Å². The van der Waals surface area contributed by atoms with Gasteiger partial charge in [-0.1, -0.05) is 0 Å². The SMILES string of the molecule is CC1(n2c(=S)[nH]c3ccc(F)cc32)CCOCC1. The Balaban J connectivity index is 2.24. The summed E-state index contributed by atoms with van der Waals surface area (Å²) < 4.78 is 21.5. The molecule has 0 aliphatic carbocycles. The van der Waals surface area contributed by atoms with Crippen LogP contribution in [0.25, 0.3) is 11.0 Å². The normalized spacial score (nSPS) is 19.2. The Morgan fingerprint density at radius 1 is 1.39 bits per heavy atom. The van der Waals surface area contributed by atoms with Crippen LogP contribution in [-0.2, 0) is 10.3 Å². The monoisotopic (exact) mass is 266 g/mol. The lowest BCUT2D eigenvalue weighted by Crippen LogP contribution is -2.36. The minimum Gasteiger partial charge on any atom is -0.381 e. The highest BCUT2D eigenvalue weighted by Crippen LogP contribution is 2.32. The summed E-state index contributed by atoms with van der Waals surface area (Å²) >= 11 is 5.39. The van der Waals surface area contributed by atoms with Crippen molar-refractivity contribution < 1.29 is 9.13 Å². The summed E-state index contributed by atoms with van der Waals surface area (Å²) in [4.78, 5) is 3.15. The highest BCUT2D eigenvalue weighted by Gasteiger charge is 2.31. The fourth-order valence-corrected chi connectivity index (χ4v) is 3.08. The van der Waals surface area contributed by atoms with Crippen molar-refractivity contribution >= 4 is 23.3 Å². The molecule has 1 aromatic carbocycles. The number of hydrogen-bond acceptors (Lipinski definition) is 2. The number of nitrogens with zero attached hydrogens (tertiary/aromatic N) is 1. The van der Waals surface area contributed by atoms with Crippen LogP contribution in [-0.4, -0.2) is 22.8 Å². The van der Waals surface area contributed by atoms with Crippen molar-refractivity contribution in [1.82, 2.24) is 9.55 Å². The summed E-state index contributed by atoms with van der Waals surface area (Å²) in [5, 5.41) is 0. The van der Waals surface area contributed by atoms with Gasteiger partial charge in [0.05, 0.1) is 11.0 Å². The number of benzene rings is 1. The van der Waals surface area contributed by atoms with Crippen LogP contribution in [0.3, 0.4) is 0 Å². The van der Waals surface area contributed by atoms with E-state index in [1.54, 1.807) is 12.1 Å². The Kier molecular flexibility index (Phi) is 2.75. The minimum atomic E-state index is -0.235. The molecule has 2 heterocycles. The van der Waals surface area contributed by atoms with E-state index < -0.39 is 0 Å². The third-order valence-corrected chi connectivity index (χ3v) is 4.04. The molecule has 1 aromatic heterocycles. The van der Waals surface area contributed by atoms with E-state index in [1.165, 1.54) is 6.07 Å². The first-order valence-corrected chi connectivity index (χ1v) is 6.49. The van der Waals surface area contributed by atoms with Crippen LogP contribution in [0, 0.1) is 10.6 Å². The number of ether oxygens (including phenoxy) is 1. The van der Waals surface area contributed by atoms with Gasteiger partial charge in [-0.3, -0.25) is 0 Å². The summed E-state index contributed by atoms with van der Waals surface area (Å²) in [7, 11) is 0. The molecule has 1 aliphatic rings. The van der Waals surface area contributed by atoms with Gasteiger partial charge < -0.3 is 14.3 Å². The average Bonchev–Trinajstić information content (AvgIpc) is 2.66. The van der Waals surface area contributed by atoms with E-state index in [9.17, 15) is 4.39 Å². The Morgan fingerprint density at radius 3 is 2.83 bits per heavy atom. The smallest absolute Gasteiger partial charge is 0.178 e. The maximum absolute atomic E-state index is 13.4. The van der Waals surface area contributed by atoms with Crippen LogP contribution in [0.15, 0.2) is 18.2 Å². The zero-order valence-corrected chi connectivity index (χ0v) is 11.0. The van der Waals surface area contributed by atoms with E-state index in [-0.39, 0.29) is 11.4 Å². The molecule has 18 heavy (non-hydrogen) atoms. The zero-order chi connectivity index (χ0) is 12.8. The molecule has 0 radical (unpaired) electrons. The standard InChI is InChI=1S/C13H15FN2OS/c1-13(4-6-17-7-5-13)16-11-8-9(14)2-3-10(11)15-12(16)18/h2-3,8H,4-7H2,1H3,(H,15,18). The molecule has 1 fully saturated rings. The number of fused-ring (bicyclic) bond motifs is 1. The maximum Gasteiger partial charge on any atom is 0.178 e. The van der Waals surface area contributed by atoms with Gasteiger partial charge >= 0.3 is 0 Å². The molecule has 0 saturated carbocycles. The summed E-state index contributed by atoms with van der Waals surface area (Å²) in [6, 6.07) is 4.73. The number of hydrogen-bond donors (Lipinski definition) is 1. The second-order valence-corrected chi connectivity index (χ2v) is 5.42. The molecule has 0 bridgehead atoms. The molecule has 0 atom stereocenters. The van der Waals surface area contributed by atoms with Gasteiger partial charge in [0.15, 0.2) is 4.77 Å². The van der Waals surface area contributed by atoms with Gasteiger partial charge in [-0.25, -0.2) is 4.39 Å². The zero-order valence-electron chi connectivity index (χ0n) is 10.2. The van der Waals surface area contributed by atoms with Crippen molar-refractivity contribution in [3.05, 3.63) is 28.8 Å². The number of aromatic amines is 1. The second-order valence-electron chi connectivity index (χ2n) is 5.04.